The van der Waals surface area contributed by atoms with E-state index < -0.39 is 5.75 Å². The van der Waals surface area contributed by atoms with E-state index in [1.54, 1.807) is 0 Å². The predicted octanol–water partition coefficient (Wildman–Crippen LogP) is 2.23. The summed E-state index contributed by atoms with van der Waals surface area (Å²) in [5.74, 6) is -0.842. The second-order valence-electron chi connectivity index (χ2n) is 1.85. The number of hydrogen-bond acceptors (Lipinski definition) is 2. The third kappa shape index (κ3) is 1.87. The van der Waals surface area contributed by atoms with E-state index in [4.69, 9.17) is 45.0 Å². The Balaban J connectivity index is 0.00000121. The maximum Gasteiger partial charge on any atom is 0.178 e. The van der Waals surface area contributed by atoms with Crippen molar-refractivity contribution < 1.29 is 15.7 Å². The second-order valence-corrected chi connectivity index (χ2v) is 3.02. The van der Waals surface area contributed by atoms with Gasteiger partial charge in [0, 0.05) is 6.07 Å². The van der Waals surface area contributed by atoms with Gasteiger partial charge >= 0.3 is 0 Å². The van der Waals surface area contributed by atoms with E-state index in [1.165, 1.54) is 0 Å². The molecule has 0 saturated carbocycles. The van der Waals surface area contributed by atoms with Gasteiger partial charge in [0.1, 0.15) is 5.02 Å². The molecule has 0 saturated heterocycles. The Labute approximate surface area is 83.4 Å². The maximum absolute atomic E-state index is 8.99. The molecule has 0 atom stereocenters. The molecule has 0 aliphatic rings. The van der Waals surface area contributed by atoms with Crippen LogP contribution in [0.25, 0.3) is 0 Å². The molecule has 68 valence electrons. The minimum Gasteiger partial charge on any atom is -0.504 e. The van der Waals surface area contributed by atoms with Gasteiger partial charge in [-0.25, -0.2) is 0 Å². The highest BCUT2D eigenvalue weighted by Gasteiger charge is 2.12. The topological polar surface area (TPSA) is 72.0 Å². The van der Waals surface area contributed by atoms with Gasteiger partial charge in [-0.05, 0) is 0 Å². The molecule has 0 fully saturated rings. The minimum absolute atomic E-state index is 0. The second kappa shape index (κ2) is 4.05. The molecule has 12 heavy (non-hydrogen) atoms. The lowest BCUT2D eigenvalue weighted by atomic mass is 10.3. The third-order valence-electron chi connectivity index (χ3n) is 1.12. The van der Waals surface area contributed by atoms with E-state index in [-0.39, 0.29) is 26.3 Å². The molecule has 4 N–H and O–H groups in total. The molecule has 0 radical (unpaired) electrons. The van der Waals surface area contributed by atoms with Crippen LogP contribution in [-0.2, 0) is 0 Å². The Kier molecular flexibility index (Phi) is 3.93. The molecular weight excluding hydrogens is 226 g/mol. The summed E-state index contributed by atoms with van der Waals surface area (Å²) in [5, 5.41) is 17.9. The van der Waals surface area contributed by atoms with Crippen LogP contribution < -0.4 is 0 Å². The first-order valence-electron chi connectivity index (χ1n) is 2.59. The lowest BCUT2D eigenvalue weighted by Gasteiger charge is -2.02. The molecular formula is C6H5Cl3O3. The summed E-state index contributed by atoms with van der Waals surface area (Å²) >= 11 is 16.5. The number of halogens is 3. The summed E-state index contributed by atoms with van der Waals surface area (Å²) in [5.41, 5.74) is 0. The van der Waals surface area contributed by atoms with E-state index in [1.807, 2.05) is 0 Å². The molecule has 1 rings (SSSR count). The summed E-state index contributed by atoms with van der Waals surface area (Å²) in [6.07, 6.45) is 0. The number of phenols is 2. The molecule has 1 aromatic carbocycles. The fourth-order valence-electron chi connectivity index (χ4n) is 0.573. The van der Waals surface area contributed by atoms with E-state index in [2.05, 4.69) is 0 Å². The molecule has 0 unspecified atom stereocenters. The largest absolute Gasteiger partial charge is 0.504 e. The Hall–Kier alpha value is -0.350. The van der Waals surface area contributed by atoms with Gasteiger partial charge in [0.15, 0.2) is 11.5 Å². The maximum atomic E-state index is 8.99. The normalized spacial score (nSPS) is 9.25. The van der Waals surface area contributed by atoms with E-state index in [9.17, 15) is 0 Å². The summed E-state index contributed by atoms with van der Waals surface area (Å²) in [4.78, 5) is 0. The number of aromatic hydroxyl groups is 2. The van der Waals surface area contributed by atoms with Crippen LogP contribution in [0.1, 0.15) is 0 Å². The predicted molar refractivity (Wildman–Crippen MR) is 48.4 cm³/mol. The minimum atomic E-state index is -0.457. The highest BCUT2D eigenvalue weighted by atomic mass is 35.5. The van der Waals surface area contributed by atoms with E-state index in [0.717, 1.165) is 6.07 Å². The van der Waals surface area contributed by atoms with Crippen LogP contribution in [0, 0.1) is 0 Å². The van der Waals surface area contributed by atoms with Crippen molar-refractivity contribution in [3.63, 3.8) is 0 Å². The molecule has 6 heteroatoms. The standard InChI is InChI=1S/C6H3Cl3O2.H2O/c7-2-1-3(10)6(11)5(9)4(2)8;/h1,10-11H;1H2. The number of rotatable bonds is 0. The van der Waals surface area contributed by atoms with Crippen molar-refractivity contribution in [2.45, 2.75) is 0 Å². The Morgan fingerprint density at radius 3 is 2.00 bits per heavy atom. The average molecular weight is 231 g/mol. The van der Waals surface area contributed by atoms with Crippen molar-refractivity contribution in [2.75, 3.05) is 0 Å². The van der Waals surface area contributed by atoms with Crippen LogP contribution in [0.5, 0.6) is 11.5 Å². The fraction of sp³-hybridized carbons (Fsp3) is 0. The van der Waals surface area contributed by atoms with Crippen molar-refractivity contribution in [1.29, 1.82) is 0 Å². The quantitative estimate of drug-likeness (QED) is 0.531. The van der Waals surface area contributed by atoms with Crippen molar-refractivity contribution in [1.82, 2.24) is 0 Å². The van der Waals surface area contributed by atoms with Crippen LogP contribution in [0.4, 0.5) is 0 Å². The Morgan fingerprint density at radius 2 is 1.50 bits per heavy atom. The first kappa shape index (κ1) is 11.6. The highest BCUT2D eigenvalue weighted by molar-refractivity contribution is 6.48. The highest BCUT2D eigenvalue weighted by Crippen LogP contribution is 2.42. The number of benzene rings is 1. The van der Waals surface area contributed by atoms with Crippen molar-refractivity contribution in [3.8, 4) is 11.5 Å². The van der Waals surface area contributed by atoms with Crippen LogP contribution in [0.2, 0.25) is 15.1 Å². The van der Waals surface area contributed by atoms with Crippen molar-refractivity contribution in [3.05, 3.63) is 21.1 Å². The van der Waals surface area contributed by atoms with E-state index >= 15 is 0 Å². The van der Waals surface area contributed by atoms with Crippen LogP contribution in [0.3, 0.4) is 0 Å². The van der Waals surface area contributed by atoms with Crippen molar-refractivity contribution >= 4 is 34.8 Å². The molecule has 1 aromatic rings. The molecule has 0 aliphatic carbocycles. The van der Waals surface area contributed by atoms with Crippen molar-refractivity contribution in [2.24, 2.45) is 0 Å². The summed E-state index contributed by atoms with van der Waals surface area (Å²) in [6, 6.07) is 1.12. The van der Waals surface area contributed by atoms with Crippen LogP contribution >= 0.6 is 34.8 Å². The van der Waals surface area contributed by atoms with Crippen LogP contribution in [0.15, 0.2) is 6.07 Å². The molecule has 0 aliphatic heterocycles. The van der Waals surface area contributed by atoms with Gasteiger partial charge in [-0.1, -0.05) is 34.8 Å². The zero-order chi connectivity index (χ0) is 8.59. The molecule has 0 amide bonds. The number of phenolic OH excluding ortho intramolecular Hbond substituents is 2. The average Bonchev–Trinajstić information content (AvgIpc) is 1.97. The van der Waals surface area contributed by atoms with Gasteiger partial charge in [0.25, 0.3) is 0 Å². The van der Waals surface area contributed by atoms with Gasteiger partial charge in [-0.2, -0.15) is 0 Å². The Bertz CT molecular complexity index is 274. The van der Waals surface area contributed by atoms with E-state index in [0.29, 0.717) is 0 Å². The number of hydrogen-bond donors (Lipinski definition) is 2. The zero-order valence-corrected chi connectivity index (χ0v) is 7.87. The van der Waals surface area contributed by atoms with Gasteiger partial charge in [-0.15, -0.1) is 0 Å². The molecule has 0 spiro atoms. The molecule has 0 aromatic heterocycles. The zero-order valence-electron chi connectivity index (χ0n) is 5.61. The Morgan fingerprint density at radius 1 is 1.00 bits per heavy atom. The van der Waals surface area contributed by atoms with Gasteiger partial charge in [0.05, 0.1) is 10.0 Å². The van der Waals surface area contributed by atoms with Gasteiger partial charge < -0.3 is 15.7 Å². The van der Waals surface area contributed by atoms with Gasteiger partial charge in [0.2, 0.25) is 0 Å². The monoisotopic (exact) mass is 230 g/mol. The SMILES string of the molecule is O.Oc1cc(Cl)c(Cl)c(Cl)c1O. The fourth-order valence-corrected chi connectivity index (χ4v) is 1.16. The molecule has 0 heterocycles. The lowest BCUT2D eigenvalue weighted by Crippen LogP contribution is -1.74. The summed E-state index contributed by atoms with van der Waals surface area (Å²) in [6.45, 7) is 0. The lowest BCUT2D eigenvalue weighted by molar-refractivity contribution is 0.404. The van der Waals surface area contributed by atoms with Gasteiger partial charge in [-0.3, -0.25) is 0 Å². The third-order valence-corrected chi connectivity index (χ3v) is 2.37. The smallest absolute Gasteiger partial charge is 0.178 e. The molecule has 3 nitrogen and oxygen atoms in total. The summed E-state index contributed by atoms with van der Waals surface area (Å²) in [7, 11) is 0. The first-order valence-corrected chi connectivity index (χ1v) is 3.73. The molecule has 0 bridgehead atoms. The van der Waals surface area contributed by atoms with Crippen LogP contribution in [-0.4, -0.2) is 15.7 Å². The summed E-state index contributed by atoms with van der Waals surface area (Å²) < 4.78 is 0. The first-order chi connectivity index (χ1) is 5.04.